The number of rotatable bonds is 2. The van der Waals surface area contributed by atoms with Gasteiger partial charge in [0.05, 0.1) is 5.02 Å². The molecule has 0 spiro atoms. The van der Waals surface area contributed by atoms with Crippen LogP contribution in [0.2, 0.25) is 5.02 Å². The van der Waals surface area contributed by atoms with Crippen molar-refractivity contribution in [1.29, 1.82) is 0 Å². The summed E-state index contributed by atoms with van der Waals surface area (Å²) < 4.78 is 0. The molecule has 13 heavy (non-hydrogen) atoms. The normalized spacial score (nSPS) is 10.5. The Kier molecular flexibility index (Phi) is 3.17. The third kappa shape index (κ3) is 1.95. The Morgan fingerprint density at radius 2 is 2.08 bits per heavy atom. The van der Waals surface area contributed by atoms with Gasteiger partial charge in [-0.1, -0.05) is 11.6 Å². The molecule has 0 bridgehead atoms. The number of halogens is 1. The molecule has 1 aromatic carbocycles. The van der Waals surface area contributed by atoms with Gasteiger partial charge >= 0.3 is 0 Å². The second-order valence-corrected chi connectivity index (χ2v) is 3.56. The highest BCUT2D eigenvalue weighted by atomic mass is 35.5. The molecule has 0 amide bonds. The first-order chi connectivity index (χ1) is 6.07. The van der Waals surface area contributed by atoms with E-state index in [1.54, 1.807) is 6.07 Å². The van der Waals surface area contributed by atoms with Crippen LogP contribution in [0.3, 0.4) is 0 Å². The topological polar surface area (TPSA) is 32.3 Å². The number of phenolic OH excluding ortho intramolecular Hbond substituents is 1. The highest BCUT2D eigenvalue weighted by Crippen LogP contribution is 2.31. The molecule has 0 heterocycles. The van der Waals surface area contributed by atoms with Crippen LogP contribution in [0.25, 0.3) is 0 Å². The van der Waals surface area contributed by atoms with Crippen LogP contribution in [-0.4, -0.2) is 12.2 Å². The fourth-order valence-corrected chi connectivity index (χ4v) is 1.60. The van der Waals surface area contributed by atoms with E-state index in [4.69, 9.17) is 11.6 Å². The number of phenols is 1. The number of hydrogen-bond acceptors (Lipinski definition) is 2. The molecule has 0 unspecified atom stereocenters. The SMILES string of the molecule is CNCc1c(C)c(C)cc(Cl)c1O. The summed E-state index contributed by atoms with van der Waals surface area (Å²) in [6, 6.07) is 1.78. The third-order valence-electron chi connectivity index (χ3n) is 2.25. The average molecular weight is 200 g/mol. The van der Waals surface area contributed by atoms with Crippen molar-refractivity contribution in [2.45, 2.75) is 20.4 Å². The molecule has 0 aliphatic heterocycles. The van der Waals surface area contributed by atoms with E-state index in [9.17, 15) is 5.11 Å². The quantitative estimate of drug-likeness (QED) is 0.767. The lowest BCUT2D eigenvalue weighted by atomic mass is 10.0. The molecule has 2 nitrogen and oxygen atoms in total. The summed E-state index contributed by atoms with van der Waals surface area (Å²) in [6.45, 7) is 4.61. The van der Waals surface area contributed by atoms with Crippen LogP contribution in [0.5, 0.6) is 5.75 Å². The zero-order chi connectivity index (χ0) is 10.0. The van der Waals surface area contributed by atoms with Gasteiger partial charge in [-0.3, -0.25) is 0 Å². The summed E-state index contributed by atoms with van der Waals surface area (Å²) >= 11 is 5.85. The first kappa shape index (κ1) is 10.4. The first-order valence-corrected chi connectivity index (χ1v) is 4.58. The van der Waals surface area contributed by atoms with Gasteiger partial charge in [0.2, 0.25) is 0 Å². The van der Waals surface area contributed by atoms with Crippen molar-refractivity contribution in [1.82, 2.24) is 5.32 Å². The molecule has 3 heteroatoms. The molecule has 0 saturated carbocycles. The lowest BCUT2D eigenvalue weighted by Gasteiger charge is -2.11. The maximum Gasteiger partial charge on any atom is 0.138 e. The number of hydrogen-bond donors (Lipinski definition) is 2. The maximum atomic E-state index is 9.66. The van der Waals surface area contributed by atoms with Crippen LogP contribution in [0.4, 0.5) is 0 Å². The molecule has 0 aliphatic carbocycles. The van der Waals surface area contributed by atoms with Crippen LogP contribution in [0.1, 0.15) is 16.7 Å². The number of benzene rings is 1. The van der Waals surface area contributed by atoms with Crippen LogP contribution < -0.4 is 5.32 Å². The Bertz CT molecular complexity index is 297. The van der Waals surface area contributed by atoms with Gasteiger partial charge in [-0.15, -0.1) is 0 Å². The summed E-state index contributed by atoms with van der Waals surface area (Å²) in [7, 11) is 1.84. The van der Waals surface area contributed by atoms with Gasteiger partial charge < -0.3 is 10.4 Å². The van der Waals surface area contributed by atoms with Crippen molar-refractivity contribution in [3.8, 4) is 5.75 Å². The van der Waals surface area contributed by atoms with Crippen molar-refractivity contribution < 1.29 is 5.11 Å². The van der Waals surface area contributed by atoms with Gasteiger partial charge in [0, 0.05) is 12.1 Å². The second kappa shape index (κ2) is 3.99. The summed E-state index contributed by atoms with van der Waals surface area (Å²) in [6.07, 6.45) is 0. The second-order valence-electron chi connectivity index (χ2n) is 3.16. The van der Waals surface area contributed by atoms with Crippen LogP contribution in [0.15, 0.2) is 6.07 Å². The minimum absolute atomic E-state index is 0.194. The van der Waals surface area contributed by atoms with Crippen molar-refractivity contribution in [3.05, 3.63) is 27.8 Å². The van der Waals surface area contributed by atoms with Gasteiger partial charge in [-0.05, 0) is 38.1 Å². The Labute approximate surface area is 83.5 Å². The summed E-state index contributed by atoms with van der Waals surface area (Å²) in [5, 5.41) is 13.1. The van der Waals surface area contributed by atoms with Gasteiger partial charge in [0.1, 0.15) is 5.75 Å². The zero-order valence-corrected chi connectivity index (χ0v) is 8.87. The molecule has 1 aromatic rings. The Balaban J connectivity index is 3.28. The van der Waals surface area contributed by atoms with Gasteiger partial charge in [0.25, 0.3) is 0 Å². The van der Waals surface area contributed by atoms with E-state index in [0.29, 0.717) is 11.6 Å². The van der Waals surface area contributed by atoms with E-state index in [1.807, 2.05) is 20.9 Å². The molecule has 72 valence electrons. The smallest absolute Gasteiger partial charge is 0.138 e. The summed E-state index contributed by atoms with van der Waals surface area (Å²) in [5.74, 6) is 0.194. The molecule has 2 N–H and O–H groups in total. The molecule has 0 fully saturated rings. The molecule has 0 aromatic heterocycles. The maximum absolute atomic E-state index is 9.66. The molecular formula is C10H14ClNO. The molecular weight excluding hydrogens is 186 g/mol. The Morgan fingerprint density at radius 3 is 2.62 bits per heavy atom. The first-order valence-electron chi connectivity index (χ1n) is 4.20. The van der Waals surface area contributed by atoms with E-state index in [1.165, 1.54) is 0 Å². The lowest BCUT2D eigenvalue weighted by Crippen LogP contribution is -2.07. The Morgan fingerprint density at radius 1 is 1.46 bits per heavy atom. The van der Waals surface area contributed by atoms with E-state index < -0.39 is 0 Å². The lowest BCUT2D eigenvalue weighted by molar-refractivity contribution is 0.465. The monoisotopic (exact) mass is 199 g/mol. The molecule has 0 atom stereocenters. The average Bonchev–Trinajstić information content (AvgIpc) is 2.09. The van der Waals surface area contributed by atoms with Crippen molar-refractivity contribution in [2.24, 2.45) is 0 Å². The number of aromatic hydroxyl groups is 1. The van der Waals surface area contributed by atoms with Gasteiger partial charge in [-0.2, -0.15) is 0 Å². The van der Waals surface area contributed by atoms with Crippen molar-refractivity contribution in [3.63, 3.8) is 0 Å². The number of nitrogens with one attached hydrogen (secondary N) is 1. The van der Waals surface area contributed by atoms with Crippen LogP contribution >= 0.6 is 11.6 Å². The van der Waals surface area contributed by atoms with Crippen molar-refractivity contribution in [2.75, 3.05) is 7.05 Å². The van der Waals surface area contributed by atoms with Crippen LogP contribution in [-0.2, 0) is 6.54 Å². The van der Waals surface area contributed by atoms with Crippen LogP contribution in [0, 0.1) is 13.8 Å². The summed E-state index contributed by atoms with van der Waals surface area (Å²) in [4.78, 5) is 0. The highest BCUT2D eigenvalue weighted by Gasteiger charge is 2.10. The fraction of sp³-hybridized carbons (Fsp3) is 0.400. The van der Waals surface area contributed by atoms with E-state index in [2.05, 4.69) is 5.32 Å². The highest BCUT2D eigenvalue weighted by molar-refractivity contribution is 6.32. The minimum Gasteiger partial charge on any atom is -0.506 e. The minimum atomic E-state index is 0.194. The predicted molar refractivity (Wildman–Crippen MR) is 55.4 cm³/mol. The van der Waals surface area contributed by atoms with E-state index in [-0.39, 0.29) is 5.75 Å². The molecule has 1 rings (SSSR count). The third-order valence-corrected chi connectivity index (χ3v) is 2.54. The molecule has 0 saturated heterocycles. The Hall–Kier alpha value is -0.730. The molecule has 0 aliphatic rings. The summed E-state index contributed by atoms with van der Waals surface area (Å²) in [5.41, 5.74) is 3.08. The van der Waals surface area contributed by atoms with E-state index >= 15 is 0 Å². The van der Waals surface area contributed by atoms with E-state index in [0.717, 1.165) is 16.7 Å². The zero-order valence-electron chi connectivity index (χ0n) is 8.11. The van der Waals surface area contributed by atoms with Crippen molar-refractivity contribution >= 4 is 11.6 Å². The van der Waals surface area contributed by atoms with Gasteiger partial charge in [0.15, 0.2) is 0 Å². The largest absolute Gasteiger partial charge is 0.506 e. The number of aryl methyl sites for hydroxylation is 1. The predicted octanol–water partition coefficient (Wildman–Crippen LogP) is 2.38. The standard InChI is InChI=1S/C10H14ClNO/c1-6-4-9(11)10(13)8(5-12-3)7(6)2/h4,12-13H,5H2,1-3H3. The molecule has 0 radical (unpaired) electrons. The van der Waals surface area contributed by atoms with Gasteiger partial charge in [-0.25, -0.2) is 0 Å². The fourth-order valence-electron chi connectivity index (χ4n) is 1.32.